The molecule has 0 saturated carbocycles. The lowest BCUT2D eigenvalue weighted by Gasteiger charge is -2.43. The first-order chi connectivity index (χ1) is 9.43. The molecule has 20 heavy (non-hydrogen) atoms. The molecule has 120 valence electrons. The number of nitrogens with one attached hydrogen (secondary N) is 1. The van der Waals surface area contributed by atoms with Gasteiger partial charge in [0.1, 0.15) is 0 Å². The fourth-order valence-corrected chi connectivity index (χ4v) is 2.79. The van der Waals surface area contributed by atoms with E-state index in [1.165, 1.54) is 0 Å². The summed E-state index contributed by atoms with van der Waals surface area (Å²) in [7, 11) is 1.65. The minimum Gasteiger partial charge on any atom is -0.381 e. The Kier molecular flexibility index (Phi) is 7.26. The van der Waals surface area contributed by atoms with Gasteiger partial charge in [-0.15, -0.1) is 0 Å². The van der Waals surface area contributed by atoms with Crippen molar-refractivity contribution in [1.29, 1.82) is 0 Å². The summed E-state index contributed by atoms with van der Waals surface area (Å²) in [6.45, 7) is 4.06. The first-order valence-electron chi connectivity index (χ1n) is 7.36. The minimum atomic E-state index is -4.08. The predicted molar refractivity (Wildman–Crippen MR) is 71.8 cm³/mol. The monoisotopic (exact) mass is 297 g/mol. The summed E-state index contributed by atoms with van der Waals surface area (Å²) in [5.74, 6) is 0. The van der Waals surface area contributed by atoms with Crippen LogP contribution in [0, 0.1) is 0 Å². The SMILES string of the molecule is CCCNC(CCCC(F)(F)F)C1(OC)CCOCC1. The molecule has 1 rings (SSSR count). The lowest BCUT2D eigenvalue weighted by molar-refractivity contribution is -0.139. The third-order valence-corrected chi connectivity index (χ3v) is 3.97. The Labute approximate surface area is 119 Å². The van der Waals surface area contributed by atoms with E-state index in [-0.39, 0.29) is 18.1 Å². The number of methoxy groups -OCH3 is 1. The Morgan fingerprint density at radius 3 is 2.45 bits per heavy atom. The van der Waals surface area contributed by atoms with Crippen LogP contribution in [0.3, 0.4) is 0 Å². The minimum absolute atomic E-state index is 0.0429. The highest BCUT2D eigenvalue weighted by Crippen LogP contribution is 2.32. The molecule has 0 radical (unpaired) electrons. The molecule has 1 saturated heterocycles. The Morgan fingerprint density at radius 1 is 1.30 bits per heavy atom. The Bertz CT molecular complexity index is 266. The largest absolute Gasteiger partial charge is 0.389 e. The molecule has 3 nitrogen and oxygen atoms in total. The second-order valence-corrected chi connectivity index (χ2v) is 5.40. The molecule has 0 bridgehead atoms. The van der Waals surface area contributed by atoms with Gasteiger partial charge in [0.05, 0.1) is 5.60 Å². The zero-order chi connectivity index (χ0) is 15.1. The van der Waals surface area contributed by atoms with Crippen molar-refractivity contribution in [1.82, 2.24) is 5.32 Å². The molecule has 0 aromatic rings. The van der Waals surface area contributed by atoms with Crippen molar-refractivity contribution >= 4 is 0 Å². The number of rotatable bonds is 8. The van der Waals surface area contributed by atoms with Crippen LogP contribution < -0.4 is 5.32 Å². The Balaban J connectivity index is 2.60. The molecule has 6 heteroatoms. The van der Waals surface area contributed by atoms with Crippen molar-refractivity contribution in [3.8, 4) is 0 Å². The van der Waals surface area contributed by atoms with E-state index in [1.807, 2.05) is 6.92 Å². The van der Waals surface area contributed by atoms with Gasteiger partial charge in [0.2, 0.25) is 0 Å². The molecule has 1 heterocycles. The molecule has 1 atom stereocenters. The Morgan fingerprint density at radius 2 is 1.95 bits per heavy atom. The molecule has 1 N–H and O–H groups in total. The lowest BCUT2D eigenvalue weighted by atomic mass is 9.83. The number of hydrogen-bond acceptors (Lipinski definition) is 3. The van der Waals surface area contributed by atoms with E-state index in [0.717, 1.165) is 25.8 Å². The first-order valence-corrected chi connectivity index (χ1v) is 7.36. The fraction of sp³-hybridized carbons (Fsp3) is 1.00. The van der Waals surface area contributed by atoms with Crippen LogP contribution in [0.1, 0.15) is 45.4 Å². The molecule has 0 aromatic heterocycles. The lowest BCUT2D eigenvalue weighted by Crippen LogP contribution is -2.55. The van der Waals surface area contributed by atoms with Gasteiger partial charge in [-0.2, -0.15) is 13.2 Å². The van der Waals surface area contributed by atoms with Crippen molar-refractivity contribution in [3.05, 3.63) is 0 Å². The van der Waals surface area contributed by atoms with Crippen LogP contribution in [0.4, 0.5) is 13.2 Å². The average Bonchev–Trinajstić information content (AvgIpc) is 2.42. The van der Waals surface area contributed by atoms with Crippen LogP contribution in [-0.4, -0.2) is 44.7 Å². The van der Waals surface area contributed by atoms with E-state index >= 15 is 0 Å². The van der Waals surface area contributed by atoms with Crippen LogP contribution in [0.5, 0.6) is 0 Å². The number of alkyl halides is 3. The summed E-state index contributed by atoms with van der Waals surface area (Å²) < 4.78 is 48.0. The maximum Gasteiger partial charge on any atom is 0.389 e. The van der Waals surface area contributed by atoms with Crippen LogP contribution in [0.15, 0.2) is 0 Å². The van der Waals surface area contributed by atoms with E-state index in [2.05, 4.69) is 5.32 Å². The van der Waals surface area contributed by atoms with E-state index in [1.54, 1.807) is 7.11 Å². The van der Waals surface area contributed by atoms with Gasteiger partial charge in [-0.25, -0.2) is 0 Å². The zero-order valence-corrected chi connectivity index (χ0v) is 12.4. The smallest absolute Gasteiger partial charge is 0.381 e. The van der Waals surface area contributed by atoms with E-state index < -0.39 is 12.6 Å². The van der Waals surface area contributed by atoms with E-state index in [4.69, 9.17) is 9.47 Å². The maximum atomic E-state index is 12.3. The summed E-state index contributed by atoms with van der Waals surface area (Å²) in [4.78, 5) is 0. The molecule has 0 amide bonds. The quantitative estimate of drug-likeness (QED) is 0.746. The first kappa shape index (κ1) is 17.7. The van der Waals surface area contributed by atoms with Crippen LogP contribution in [-0.2, 0) is 9.47 Å². The summed E-state index contributed by atoms with van der Waals surface area (Å²) in [5, 5.41) is 3.37. The molecule has 0 aromatic carbocycles. The molecule has 1 fully saturated rings. The van der Waals surface area contributed by atoms with Crippen LogP contribution in [0.25, 0.3) is 0 Å². The van der Waals surface area contributed by atoms with Crippen molar-refractivity contribution < 1.29 is 22.6 Å². The van der Waals surface area contributed by atoms with Crippen LogP contribution in [0.2, 0.25) is 0 Å². The highest BCUT2D eigenvalue weighted by Gasteiger charge is 2.40. The second-order valence-electron chi connectivity index (χ2n) is 5.40. The summed E-state index contributed by atoms with van der Waals surface area (Å²) >= 11 is 0. The van der Waals surface area contributed by atoms with Crippen LogP contribution >= 0.6 is 0 Å². The molecule has 1 unspecified atom stereocenters. The van der Waals surface area contributed by atoms with Gasteiger partial charge in [0.15, 0.2) is 0 Å². The topological polar surface area (TPSA) is 30.5 Å². The summed E-state index contributed by atoms with van der Waals surface area (Å²) in [6, 6.07) is -0.0429. The highest BCUT2D eigenvalue weighted by atomic mass is 19.4. The van der Waals surface area contributed by atoms with Gasteiger partial charge in [0, 0.05) is 45.6 Å². The molecular formula is C14H26F3NO2. The van der Waals surface area contributed by atoms with Gasteiger partial charge in [0.25, 0.3) is 0 Å². The van der Waals surface area contributed by atoms with Gasteiger partial charge in [-0.3, -0.25) is 0 Å². The standard InChI is InChI=1S/C14H26F3NO2/c1-3-9-18-12(5-4-6-14(15,16)17)13(19-2)7-10-20-11-8-13/h12,18H,3-11H2,1-2H3. The van der Waals surface area contributed by atoms with Gasteiger partial charge >= 0.3 is 6.18 Å². The van der Waals surface area contributed by atoms with Gasteiger partial charge in [-0.1, -0.05) is 6.92 Å². The summed E-state index contributed by atoms with van der Waals surface area (Å²) in [6.07, 6.45) is -1.77. The van der Waals surface area contributed by atoms with E-state index in [0.29, 0.717) is 19.6 Å². The van der Waals surface area contributed by atoms with Crippen molar-refractivity contribution in [2.45, 2.75) is 63.3 Å². The van der Waals surface area contributed by atoms with E-state index in [9.17, 15) is 13.2 Å². The molecule has 1 aliphatic rings. The molecule has 0 aliphatic carbocycles. The second kappa shape index (κ2) is 8.20. The molecular weight excluding hydrogens is 271 g/mol. The molecule has 0 spiro atoms. The normalized spacial score (nSPS) is 20.9. The number of ether oxygens (including phenoxy) is 2. The number of hydrogen-bond donors (Lipinski definition) is 1. The zero-order valence-electron chi connectivity index (χ0n) is 12.4. The van der Waals surface area contributed by atoms with Crippen molar-refractivity contribution in [2.24, 2.45) is 0 Å². The third-order valence-electron chi connectivity index (χ3n) is 3.97. The average molecular weight is 297 g/mol. The third kappa shape index (κ3) is 5.58. The molecule has 1 aliphatic heterocycles. The highest BCUT2D eigenvalue weighted by molar-refractivity contribution is 4.95. The van der Waals surface area contributed by atoms with Crippen molar-refractivity contribution in [2.75, 3.05) is 26.9 Å². The van der Waals surface area contributed by atoms with Gasteiger partial charge in [-0.05, 0) is 25.8 Å². The van der Waals surface area contributed by atoms with Gasteiger partial charge < -0.3 is 14.8 Å². The van der Waals surface area contributed by atoms with Crippen molar-refractivity contribution in [3.63, 3.8) is 0 Å². The maximum absolute atomic E-state index is 12.3. The Hall–Kier alpha value is -0.330. The number of halogens is 3. The fourth-order valence-electron chi connectivity index (χ4n) is 2.79. The predicted octanol–water partition coefficient (Wildman–Crippen LogP) is 3.28. The summed E-state index contributed by atoms with van der Waals surface area (Å²) in [5.41, 5.74) is -0.390.